The van der Waals surface area contributed by atoms with E-state index >= 15 is 0 Å². The molecule has 2 heterocycles. The normalized spacial score (nSPS) is 16.9. The number of carbonyl (C=O) groups is 1. The van der Waals surface area contributed by atoms with Gasteiger partial charge in [0.2, 0.25) is 0 Å². The number of halogens is 4. The van der Waals surface area contributed by atoms with Gasteiger partial charge in [-0.05, 0) is 65.2 Å². The molecule has 0 aromatic heterocycles. The number of fused-ring (bicyclic) bond motifs is 1. The van der Waals surface area contributed by atoms with Crippen LogP contribution in [0.25, 0.3) is 16.7 Å². The standard InChI is InChI=1S/C27H21Cl3FN3O2/c1-15(35)33-9-7-16(8-10-33)17-11-20(19-6-5-18(31)13-24(19)30)21-14-32-27(36)34(25(21)12-17)26-22(28)3-2-4-23(26)29/h2-7,11-13H,8-10,14H2,1H3,(H,32,36)/p+1. The number of anilines is 2. The third-order valence-corrected chi connectivity index (χ3v) is 7.43. The van der Waals surface area contributed by atoms with Crippen molar-refractivity contribution < 1.29 is 18.9 Å². The van der Waals surface area contributed by atoms with Crippen LogP contribution < -0.4 is 10.2 Å². The third kappa shape index (κ3) is 4.45. The Hall–Kier alpha value is -3.06. The number of urea groups is 1. The number of hydrogen-bond donors (Lipinski definition) is 2. The summed E-state index contributed by atoms with van der Waals surface area (Å²) in [5.74, 6) is -0.164. The molecule has 0 atom stereocenters. The maximum atomic E-state index is 13.9. The van der Waals surface area contributed by atoms with Crippen LogP contribution in [0.15, 0.2) is 54.6 Å². The minimum Gasteiger partial charge on any atom is -0.464 e. The molecule has 2 N–H and O–H groups in total. The van der Waals surface area contributed by atoms with E-state index in [4.69, 9.17) is 34.8 Å². The van der Waals surface area contributed by atoms with Crippen molar-refractivity contribution in [1.82, 2.24) is 5.32 Å². The van der Waals surface area contributed by atoms with Crippen LogP contribution in [0.5, 0.6) is 0 Å². The number of rotatable bonds is 3. The number of aliphatic hydroxyl groups excluding tert-OH is 1. The van der Waals surface area contributed by atoms with E-state index in [9.17, 15) is 14.3 Å². The molecule has 9 heteroatoms. The molecule has 2 aliphatic heterocycles. The summed E-state index contributed by atoms with van der Waals surface area (Å²) in [6.07, 6.45) is 2.74. The number of aliphatic hydroxyl groups is 1. The van der Waals surface area contributed by atoms with Crippen LogP contribution in [-0.2, 0) is 6.54 Å². The Kier molecular flexibility index (Phi) is 6.68. The number of nitrogens with zero attached hydrogens (tertiary/aromatic N) is 2. The molecule has 0 unspecified atom stereocenters. The van der Waals surface area contributed by atoms with Crippen molar-refractivity contribution in [3.05, 3.63) is 86.6 Å². The first-order chi connectivity index (χ1) is 17.2. The van der Waals surface area contributed by atoms with Crippen LogP contribution in [0.3, 0.4) is 0 Å². The molecule has 3 aromatic rings. The van der Waals surface area contributed by atoms with Crippen LogP contribution in [0.1, 0.15) is 24.5 Å². The molecule has 3 aromatic carbocycles. The summed E-state index contributed by atoms with van der Waals surface area (Å²) in [4.78, 5) is 14.7. The van der Waals surface area contributed by atoms with Crippen molar-refractivity contribution in [3.8, 4) is 11.1 Å². The molecule has 0 aliphatic carbocycles. The predicted octanol–water partition coefficient (Wildman–Crippen LogP) is 7.59. The van der Waals surface area contributed by atoms with Crippen molar-refractivity contribution >= 4 is 63.7 Å². The summed E-state index contributed by atoms with van der Waals surface area (Å²) < 4.78 is 15.8. The number of carbonyl (C=O) groups excluding carboxylic acids is 1. The Morgan fingerprint density at radius 1 is 1.06 bits per heavy atom. The van der Waals surface area contributed by atoms with Crippen molar-refractivity contribution in [1.29, 1.82) is 0 Å². The fraction of sp³-hybridized carbons (Fsp3) is 0.185. The fourth-order valence-corrected chi connectivity index (χ4v) is 5.51. The molecular formula is C27H22Cl3FN3O2+. The van der Waals surface area contributed by atoms with Gasteiger partial charge in [-0.3, -0.25) is 4.90 Å². The van der Waals surface area contributed by atoms with E-state index in [0.29, 0.717) is 46.5 Å². The summed E-state index contributed by atoms with van der Waals surface area (Å²) in [6, 6.07) is 13.0. The van der Waals surface area contributed by atoms with Gasteiger partial charge in [0.1, 0.15) is 5.82 Å². The molecule has 5 rings (SSSR count). The number of para-hydroxylation sites is 1. The average molecular weight is 546 g/mol. The van der Waals surface area contributed by atoms with Gasteiger partial charge in [0.25, 0.3) is 0 Å². The molecule has 0 spiro atoms. The van der Waals surface area contributed by atoms with E-state index in [-0.39, 0.29) is 23.5 Å². The summed E-state index contributed by atoms with van der Waals surface area (Å²) in [6.45, 7) is 3.12. The lowest BCUT2D eigenvalue weighted by Crippen LogP contribution is -2.41. The zero-order chi connectivity index (χ0) is 25.6. The second kappa shape index (κ2) is 9.77. The topological polar surface area (TPSA) is 55.6 Å². The molecule has 0 radical (unpaired) electrons. The maximum absolute atomic E-state index is 13.9. The third-order valence-electron chi connectivity index (χ3n) is 6.51. The molecule has 0 fully saturated rings. The highest BCUT2D eigenvalue weighted by Crippen LogP contribution is 2.45. The molecule has 184 valence electrons. The van der Waals surface area contributed by atoms with Crippen LogP contribution in [-0.4, -0.2) is 34.7 Å². The Labute approximate surface area is 223 Å². The van der Waals surface area contributed by atoms with Crippen molar-refractivity contribution in [2.45, 2.75) is 19.9 Å². The minimum atomic E-state index is -0.433. The second-order valence-corrected chi connectivity index (χ2v) is 9.90. The predicted molar refractivity (Wildman–Crippen MR) is 144 cm³/mol. The van der Waals surface area contributed by atoms with Gasteiger partial charge >= 0.3 is 11.9 Å². The van der Waals surface area contributed by atoms with Gasteiger partial charge in [-0.1, -0.05) is 40.9 Å². The Morgan fingerprint density at radius 3 is 2.44 bits per heavy atom. The van der Waals surface area contributed by atoms with Gasteiger partial charge in [-0.25, -0.2) is 9.18 Å². The van der Waals surface area contributed by atoms with E-state index < -0.39 is 5.82 Å². The van der Waals surface area contributed by atoms with Gasteiger partial charge in [0, 0.05) is 24.1 Å². The van der Waals surface area contributed by atoms with E-state index in [2.05, 4.69) is 11.4 Å². The van der Waals surface area contributed by atoms with E-state index in [1.165, 1.54) is 17.0 Å². The summed E-state index contributed by atoms with van der Waals surface area (Å²) in [5.41, 5.74) is 5.18. The SMILES string of the molecule is CC(O)=[N+]1CC=C(c2cc(-c3ccc(F)cc3Cl)c3c(c2)N(c2c(Cl)cccc2Cl)C(=O)NC3)CC1. The first kappa shape index (κ1) is 24.6. The first-order valence-electron chi connectivity index (χ1n) is 11.4. The molecule has 5 nitrogen and oxygen atoms in total. The Bertz CT molecular complexity index is 1440. The summed E-state index contributed by atoms with van der Waals surface area (Å²) in [7, 11) is 0. The number of hydrogen-bond acceptors (Lipinski definition) is 1. The fourth-order valence-electron chi connectivity index (χ4n) is 4.68. The van der Waals surface area contributed by atoms with E-state index in [0.717, 1.165) is 22.3 Å². The average Bonchev–Trinajstić information content (AvgIpc) is 2.84. The summed E-state index contributed by atoms with van der Waals surface area (Å²) >= 11 is 19.5. The highest BCUT2D eigenvalue weighted by atomic mass is 35.5. The van der Waals surface area contributed by atoms with Crippen LogP contribution in [0, 0.1) is 5.82 Å². The molecule has 2 amide bonds. The smallest absolute Gasteiger partial charge is 0.330 e. The molecule has 0 saturated carbocycles. The molecule has 2 aliphatic rings. The molecule has 0 bridgehead atoms. The maximum Gasteiger partial charge on any atom is 0.330 e. The van der Waals surface area contributed by atoms with Gasteiger partial charge in [0.15, 0.2) is 13.1 Å². The van der Waals surface area contributed by atoms with Crippen molar-refractivity contribution in [2.75, 3.05) is 18.0 Å². The molecular weight excluding hydrogens is 524 g/mol. The number of nitrogens with one attached hydrogen (secondary N) is 1. The highest BCUT2D eigenvalue weighted by Gasteiger charge is 2.32. The lowest BCUT2D eigenvalue weighted by atomic mass is 9.89. The van der Waals surface area contributed by atoms with Crippen LogP contribution in [0.4, 0.5) is 20.6 Å². The quantitative estimate of drug-likeness (QED) is 0.263. The van der Waals surface area contributed by atoms with E-state index in [1.807, 2.05) is 16.7 Å². The van der Waals surface area contributed by atoms with Crippen LogP contribution >= 0.6 is 34.8 Å². The van der Waals surface area contributed by atoms with Crippen molar-refractivity contribution in [3.63, 3.8) is 0 Å². The van der Waals surface area contributed by atoms with Gasteiger partial charge in [-0.15, -0.1) is 0 Å². The zero-order valence-electron chi connectivity index (χ0n) is 19.3. The number of benzene rings is 3. The largest absolute Gasteiger partial charge is 0.464 e. The van der Waals surface area contributed by atoms with Crippen molar-refractivity contribution in [2.24, 2.45) is 0 Å². The summed E-state index contributed by atoms with van der Waals surface area (Å²) in [5, 5.41) is 13.7. The van der Waals surface area contributed by atoms with Gasteiger partial charge in [0.05, 0.1) is 33.4 Å². The molecule has 36 heavy (non-hydrogen) atoms. The molecule has 0 saturated heterocycles. The van der Waals surface area contributed by atoms with Gasteiger partial charge in [-0.2, -0.15) is 4.58 Å². The number of amides is 2. The van der Waals surface area contributed by atoms with Crippen LogP contribution in [0.2, 0.25) is 15.1 Å². The monoisotopic (exact) mass is 544 g/mol. The highest BCUT2D eigenvalue weighted by molar-refractivity contribution is 6.40. The zero-order valence-corrected chi connectivity index (χ0v) is 21.6. The Morgan fingerprint density at radius 2 is 1.81 bits per heavy atom. The minimum absolute atomic E-state index is 0.252. The lowest BCUT2D eigenvalue weighted by molar-refractivity contribution is -0.527. The van der Waals surface area contributed by atoms with Gasteiger partial charge < -0.3 is 10.4 Å². The Balaban J connectivity index is 1.76. The lowest BCUT2D eigenvalue weighted by Gasteiger charge is -2.33. The second-order valence-electron chi connectivity index (χ2n) is 8.68. The van der Waals surface area contributed by atoms with E-state index in [1.54, 1.807) is 31.2 Å². The first-order valence-corrected chi connectivity index (χ1v) is 12.5.